The highest BCUT2D eigenvalue weighted by atomic mass is 32.2. The van der Waals surface area contributed by atoms with Crippen LogP contribution < -0.4 is 0 Å². The number of nitro benzene ring substituents is 1. The predicted molar refractivity (Wildman–Crippen MR) is 106 cm³/mol. The molecule has 0 atom stereocenters. The summed E-state index contributed by atoms with van der Waals surface area (Å²) in [6.07, 6.45) is 1.52. The van der Waals surface area contributed by atoms with Crippen LogP contribution in [0.25, 0.3) is 10.9 Å². The number of aromatic nitrogens is 2. The number of carbonyl (C=O) groups excluding carboxylic acids is 1. The lowest BCUT2D eigenvalue weighted by Crippen LogP contribution is -2.50. The maximum atomic E-state index is 13.0. The number of aryl methyl sites for hydroxylation is 2. The molecule has 3 heterocycles. The molecule has 1 aliphatic heterocycles. The van der Waals surface area contributed by atoms with Gasteiger partial charge in [0.05, 0.1) is 10.5 Å². The van der Waals surface area contributed by atoms with Crippen molar-refractivity contribution in [2.45, 2.75) is 18.7 Å². The molecule has 0 unspecified atom stereocenters. The van der Waals surface area contributed by atoms with E-state index >= 15 is 0 Å². The van der Waals surface area contributed by atoms with E-state index in [9.17, 15) is 23.3 Å². The number of piperazine rings is 1. The highest BCUT2D eigenvalue weighted by molar-refractivity contribution is 7.89. The predicted octanol–water partition coefficient (Wildman–Crippen LogP) is 1.83. The van der Waals surface area contributed by atoms with Gasteiger partial charge >= 0.3 is 0 Å². The molecule has 0 saturated carbocycles. The summed E-state index contributed by atoms with van der Waals surface area (Å²) in [6.45, 7) is 3.76. The third-order valence-corrected chi connectivity index (χ3v) is 7.34. The number of hydrogen-bond donors (Lipinski definition) is 1. The quantitative estimate of drug-likeness (QED) is 0.488. The monoisotopic (exact) mass is 433 g/mol. The number of nitrogens with zero attached hydrogens (tertiary/aromatic N) is 4. The lowest BCUT2D eigenvalue weighted by atomic mass is 10.1. The Kier molecular flexibility index (Phi) is 4.82. The number of nitrogens with one attached hydrogen (secondary N) is 1. The first-order chi connectivity index (χ1) is 14.2. The molecule has 1 amide bonds. The van der Waals surface area contributed by atoms with Crippen molar-refractivity contribution in [3.63, 3.8) is 0 Å². The Labute approximate surface area is 171 Å². The second-order valence-corrected chi connectivity index (χ2v) is 8.91. The molecular formula is C18H19N5O6S. The van der Waals surface area contributed by atoms with E-state index in [1.807, 2.05) is 0 Å². The maximum absolute atomic E-state index is 13.0. The van der Waals surface area contributed by atoms with Crippen LogP contribution in [-0.2, 0) is 10.0 Å². The van der Waals surface area contributed by atoms with Crippen LogP contribution in [0.2, 0.25) is 0 Å². The van der Waals surface area contributed by atoms with Crippen LogP contribution >= 0.6 is 0 Å². The van der Waals surface area contributed by atoms with E-state index in [1.165, 1.54) is 22.6 Å². The average molecular weight is 433 g/mol. The SMILES string of the molecule is Cc1noc(C)c1S(=O)(=O)N1CCN(C(=O)c2c[nH]c3ccc([N+](=O)[O-])cc23)CC1. The van der Waals surface area contributed by atoms with Crippen molar-refractivity contribution in [3.05, 3.63) is 51.5 Å². The number of aromatic amines is 1. The molecule has 0 aliphatic carbocycles. The molecule has 4 rings (SSSR count). The average Bonchev–Trinajstić information content (AvgIpc) is 3.30. The minimum Gasteiger partial charge on any atom is -0.360 e. The van der Waals surface area contributed by atoms with Gasteiger partial charge in [-0.05, 0) is 19.9 Å². The van der Waals surface area contributed by atoms with Crippen LogP contribution in [0.5, 0.6) is 0 Å². The Hall–Kier alpha value is -3.25. The van der Waals surface area contributed by atoms with Gasteiger partial charge in [-0.15, -0.1) is 0 Å². The summed E-state index contributed by atoms with van der Waals surface area (Å²) in [4.78, 5) is 28.1. The molecule has 11 nitrogen and oxygen atoms in total. The van der Waals surface area contributed by atoms with E-state index in [4.69, 9.17) is 4.52 Å². The van der Waals surface area contributed by atoms with Crippen LogP contribution in [0.15, 0.2) is 33.8 Å². The Bertz CT molecular complexity index is 1230. The number of benzene rings is 1. The molecule has 2 aromatic heterocycles. The Morgan fingerprint density at radius 1 is 1.23 bits per heavy atom. The zero-order valence-electron chi connectivity index (χ0n) is 16.3. The maximum Gasteiger partial charge on any atom is 0.270 e. The minimum atomic E-state index is -3.77. The zero-order chi connectivity index (χ0) is 21.6. The van der Waals surface area contributed by atoms with Crippen LogP contribution in [0, 0.1) is 24.0 Å². The molecule has 12 heteroatoms. The topological polar surface area (TPSA) is 143 Å². The van der Waals surface area contributed by atoms with E-state index in [0.29, 0.717) is 22.2 Å². The van der Waals surface area contributed by atoms with Crippen LogP contribution in [-0.4, -0.2) is 64.8 Å². The van der Waals surface area contributed by atoms with E-state index in [1.54, 1.807) is 24.8 Å². The van der Waals surface area contributed by atoms with E-state index in [0.717, 1.165) is 0 Å². The second kappa shape index (κ2) is 7.22. The number of rotatable bonds is 4. The number of H-pyrrole nitrogens is 1. The first-order valence-electron chi connectivity index (χ1n) is 9.18. The summed E-state index contributed by atoms with van der Waals surface area (Å²) in [6, 6.07) is 4.28. The van der Waals surface area contributed by atoms with Gasteiger partial charge in [0.2, 0.25) is 10.0 Å². The lowest BCUT2D eigenvalue weighted by Gasteiger charge is -2.33. The highest BCUT2D eigenvalue weighted by Gasteiger charge is 2.34. The fourth-order valence-corrected chi connectivity index (χ4v) is 5.39. The van der Waals surface area contributed by atoms with Crippen LogP contribution in [0.1, 0.15) is 21.8 Å². The van der Waals surface area contributed by atoms with Gasteiger partial charge in [0.1, 0.15) is 10.6 Å². The number of non-ortho nitro benzene ring substituents is 1. The first kappa shape index (κ1) is 20.0. The molecular weight excluding hydrogens is 414 g/mol. The van der Waals surface area contributed by atoms with Gasteiger partial charge in [0.25, 0.3) is 11.6 Å². The molecule has 1 aromatic carbocycles. The van der Waals surface area contributed by atoms with E-state index in [2.05, 4.69) is 10.1 Å². The first-order valence-corrected chi connectivity index (χ1v) is 10.6. The molecule has 0 bridgehead atoms. The summed E-state index contributed by atoms with van der Waals surface area (Å²) >= 11 is 0. The molecule has 3 aromatic rings. The van der Waals surface area contributed by atoms with Gasteiger partial charge in [-0.3, -0.25) is 14.9 Å². The summed E-state index contributed by atoms with van der Waals surface area (Å²) in [5.74, 6) is -0.0810. The van der Waals surface area contributed by atoms with Gasteiger partial charge < -0.3 is 14.4 Å². The van der Waals surface area contributed by atoms with Crippen molar-refractivity contribution in [1.29, 1.82) is 0 Å². The van der Waals surface area contributed by atoms with Crippen molar-refractivity contribution in [3.8, 4) is 0 Å². The standard InChI is InChI=1S/C18H19N5O6S/c1-11-17(12(2)29-20-11)30(27,28)22-7-5-21(6-8-22)18(24)15-10-19-16-4-3-13(23(25)26)9-14(15)16/h3-4,9-10,19H,5-8H2,1-2H3. The van der Waals surface area contributed by atoms with Crippen LogP contribution in [0.3, 0.4) is 0 Å². The summed E-state index contributed by atoms with van der Waals surface area (Å²) < 4.78 is 32.1. The molecule has 1 saturated heterocycles. The second-order valence-electron chi connectivity index (χ2n) is 7.04. The van der Waals surface area contributed by atoms with Gasteiger partial charge in [-0.25, -0.2) is 8.42 Å². The zero-order valence-corrected chi connectivity index (χ0v) is 17.1. The molecule has 1 aliphatic rings. The third-order valence-electron chi connectivity index (χ3n) is 5.20. The van der Waals surface area contributed by atoms with Crippen molar-refractivity contribution in [1.82, 2.24) is 19.3 Å². The minimum absolute atomic E-state index is 0.0613. The van der Waals surface area contributed by atoms with Gasteiger partial charge in [0.15, 0.2) is 5.76 Å². The molecule has 1 N–H and O–H groups in total. The molecule has 30 heavy (non-hydrogen) atoms. The number of sulfonamides is 1. The number of hydrogen-bond acceptors (Lipinski definition) is 7. The largest absolute Gasteiger partial charge is 0.360 e. The van der Waals surface area contributed by atoms with Crippen molar-refractivity contribution in [2.75, 3.05) is 26.2 Å². The number of nitro groups is 1. The molecule has 158 valence electrons. The normalized spacial score (nSPS) is 15.6. The molecule has 1 fully saturated rings. The Morgan fingerprint density at radius 3 is 2.53 bits per heavy atom. The van der Waals surface area contributed by atoms with Crippen molar-refractivity contribution >= 4 is 32.5 Å². The van der Waals surface area contributed by atoms with Gasteiger partial charge in [-0.2, -0.15) is 4.31 Å². The highest BCUT2D eigenvalue weighted by Crippen LogP contribution is 2.27. The van der Waals surface area contributed by atoms with E-state index < -0.39 is 14.9 Å². The van der Waals surface area contributed by atoms with Crippen molar-refractivity contribution in [2.24, 2.45) is 0 Å². The fraction of sp³-hybridized carbons (Fsp3) is 0.333. The Morgan fingerprint density at radius 2 is 1.93 bits per heavy atom. The molecule has 0 radical (unpaired) electrons. The number of fused-ring (bicyclic) bond motifs is 1. The summed E-state index contributed by atoms with van der Waals surface area (Å²) in [7, 11) is -3.77. The van der Waals surface area contributed by atoms with Crippen molar-refractivity contribution < 1.29 is 22.7 Å². The molecule has 0 spiro atoms. The van der Waals surface area contributed by atoms with Crippen LogP contribution in [0.4, 0.5) is 5.69 Å². The summed E-state index contributed by atoms with van der Waals surface area (Å²) in [5, 5.41) is 15.2. The number of carbonyl (C=O) groups is 1. The summed E-state index contributed by atoms with van der Waals surface area (Å²) in [5.41, 5.74) is 1.12. The van der Waals surface area contributed by atoms with E-state index in [-0.39, 0.29) is 48.4 Å². The van der Waals surface area contributed by atoms with Gasteiger partial charge in [-0.1, -0.05) is 5.16 Å². The Balaban J connectivity index is 1.53. The third kappa shape index (κ3) is 3.23. The van der Waals surface area contributed by atoms with Gasteiger partial charge in [0, 0.05) is 55.4 Å². The lowest BCUT2D eigenvalue weighted by molar-refractivity contribution is -0.384. The fourth-order valence-electron chi connectivity index (χ4n) is 3.67. The smallest absolute Gasteiger partial charge is 0.270 e. The number of amides is 1.